The molecule has 1 aliphatic rings. The molecule has 1 aromatic carbocycles. The van der Waals surface area contributed by atoms with Gasteiger partial charge >= 0.3 is 6.36 Å². The van der Waals surface area contributed by atoms with E-state index in [9.17, 15) is 23.1 Å². The van der Waals surface area contributed by atoms with E-state index in [1.165, 1.54) is 29.3 Å². The zero-order valence-electron chi connectivity index (χ0n) is 14.9. The lowest BCUT2D eigenvalue weighted by Gasteiger charge is -2.35. The van der Waals surface area contributed by atoms with Gasteiger partial charge in [0, 0.05) is 17.8 Å². The van der Waals surface area contributed by atoms with Gasteiger partial charge in [-0.05, 0) is 24.6 Å². The third-order valence-corrected chi connectivity index (χ3v) is 4.22. The highest BCUT2D eigenvalue weighted by molar-refractivity contribution is 6.00. The number of ether oxygens (including phenoxy) is 1. The molecule has 0 fully saturated rings. The van der Waals surface area contributed by atoms with Crippen molar-refractivity contribution in [2.45, 2.75) is 32.1 Å². The second kappa shape index (κ2) is 8.03. The number of nitrogens with one attached hydrogen (secondary N) is 2. The first-order valence-electron chi connectivity index (χ1n) is 8.58. The minimum atomic E-state index is -4.83. The number of aliphatic hydroxyl groups excluding tert-OH is 1. The van der Waals surface area contributed by atoms with E-state index in [1.807, 2.05) is 0 Å². The average molecular weight is 396 g/mol. The molecule has 0 radical (unpaired) electrons. The van der Waals surface area contributed by atoms with E-state index in [4.69, 9.17) is 0 Å². The number of pyridine rings is 1. The number of anilines is 2. The van der Waals surface area contributed by atoms with Crippen LogP contribution in [0.2, 0.25) is 0 Å². The summed E-state index contributed by atoms with van der Waals surface area (Å²) in [5.74, 6) is -0.330. The normalized spacial score (nSPS) is 16.2. The number of hydrogen-bond acceptors (Lipinski definition) is 6. The van der Waals surface area contributed by atoms with Crippen LogP contribution in [0.15, 0.2) is 42.6 Å². The van der Waals surface area contributed by atoms with Crippen LogP contribution in [-0.2, 0) is 4.79 Å². The number of carbonyl (C=O) groups excluding carboxylic acids is 1. The van der Waals surface area contributed by atoms with E-state index >= 15 is 0 Å². The van der Waals surface area contributed by atoms with Gasteiger partial charge in [-0.1, -0.05) is 25.1 Å². The van der Waals surface area contributed by atoms with Crippen LogP contribution in [0.3, 0.4) is 0 Å². The van der Waals surface area contributed by atoms with Gasteiger partial charge in [-0.25, -0.2) is 4.98 Å². The SMILES string of the molecule is CCC(NC(O)N1CC(=O)Nc2cccnc21)c1ccccc1OC(F)(F)F. The zero-order chi connectivity index (χ0) is 20.3. The van der Waals surface area contributed by atoms with Crippen LogP contribution >= 0.6 is 0 Å². The first-order valence-corrected chi connectivity index (χ1v) is 8.58. The van der Waals surface area contributed by atoms with Crippen molar-refractivity contribution in [3.8, 4) is 5.75 Å². The third kappa shape index (κ3) is 4.52. The first kappa shape index (κ1) is 19.9. The highest BCUT2D eigenvalue weighted by Gasteiger charge is 2.34. The number of hydrogen-bond donors (Lipinski definition) is 3. The molecule has 1 amide bonds. The monoisotopic (exact) mass is 396 g/mol. The maximum atomic E-state index is 12.7. The third-order valence-electron chi connectivity index (χ3n) is 4.22. The van der Waals surface area contributed by atoms with Gasteiger partial charge in [0.05, 0.1) is 5.69 Å². The van der Waals surface area contributed by atoms with Gasteiger partial charge in [0.15, 0.2) is 12.2 Å². The molecule has 28 heavy (non-hydrogen) atoms. The highest BCUT2D eigenvalue weighted by Crippen LogP contribution is 2.33. The van der Waals surface area contributed by atoms with Crippen molar-refractivity contribution in [1.82, 2.24) is 10.3 Å². The van der Waals surface area contributed by atoms with E-state index in [-0.39, 0.29) is 23.8 Å². The average Bonchev–Trinajstić information content (AvgIpc) is 2.64. The van der Waals surface area contributed by atoms with Gasteiger partial charge in [0.1, 0.15) is 12.3 Å². The lowest BCUT2D eigenvalue weighted by molar-refractivity contribution is -0.275. The lowest BCUT2D eigenvalue weighted by Crippen LogP contribution is -2.52. The molecular weight excluding hydrogens is 377 g/mol. The molecule has 10 heteroatoms. The molecular formula is C18H19F3N4O3. The molecule has 0 bridgehead atoms. The largest absolute Gasteiger partial charge is 0.573 e. The van der Waals surface area contributed by atoms with E-state index in [1.54, 1.807) is 25.1 Å². The fourth-order valence-electron chi connectivity index (χ4n) is 3.03. The first-order chi connectivity index (χ1) is 13.3. The number of halogens is 3. The Balaban J connectivity index is 1.84. The van der Waals surface area contributed by atoms with Crippen LogP contribution in [0.5, 0.6) is 5.75 Å². The molecule has 0 saturated heterocycles. The summed E-state index contributed by atoms with van der Waals surface area (Å²) in [6.45, 7) is 1.60. The van der Waals surface area contributed by atoms with Gasteiger partial charge in [0.2, 0.25) is 5.91 Å². The summed E-state index contributed by atoms with van der Waals surface area (Å²) in [5, 5.41) is 16.2. The number of fused-ring (bicyclic) bond motifs is 1. The Morgan fingerprint density at radius 3 is 2.79 bits per heavy atom. The van der Waals surface area contributed by atoms with E-state index in [0.29, 0.717) is 17.9 Å². The Bertz CT molecular complexity index is 847. The van der Waals surface area contributed by atoms with Gasteiger partial charge in [-0.3, -0.25) is 10.1 Å². The van der Waals surface area contributed by atoms with Gasteiger partial charge in [-0.2, -0.15) is 0 Å². The van der Waals surface area contributed by atoms with Crippen molar-refractivity contribution in [2.75, 3.05) is 16.8 Å². The quantitative estimate of drug-likeness (QED) is 0.651. The van der Waals surface area contributed by atoms with Gasteiger partial charge < -0.3 is 20.1 Å². The van der Waals surface area contributed by atoms with Crippen molar-refractivity contribution >= 4 is 17.4 Å². The number of benzene rings is 1. The fraction of sp³-hybridized carbons (Fsp3) is 0.333. The zero-order valence-corrected chi connectivity index (χ0v) is 14.9. The summed E-state index contributed by atoms with van der Waals surface area (Å²) >= 11 is 0. The second-order valence-corrected chi connectivity index (χ2v) is 6.14. The Labute approximate surface area is 159 Å². The van der Waals surface area contributed by atoms with E-state index in [0.717, 1.165) is 0 Å². The highest BCUT2D eigenvalue weighted by atomic mass is 19.4. The minimum Gasteiger partial charge on any atom is -0.405 e. The smallest absolute Gasteiger partial charge is 0.405 e. The van der Waals surface area contributed by atoms with E-state index in [2.05, 4.69) is 20.4 Å². The van der Waals surface area contributed by atoms with Crippen LogP contribution in [0.1, 0.15) is 24.9 Å². The van der Waals surface area contributed by atoms with Crippen molar-refractivity contribution in [3.05, 3.63) is 48.2 Å². The molecule has 3 rings (SSSR count). The second-order valence-electron chi connectivity index (χ2n) is 6.14. The predicted molar refractivity (Wildman–Crippen MR) is 95.5 cm³/mol. The van der Waals surface area contributed by atoms with Crippen LogP contribution in [0.4, 0.5) is 24.7 Å². The molecule has 1 aliphatic heterocycles. The number of carbonyl (C=O) groups is 1. The summed E-state index contributed by atoms with van der Waals surface area (Å²) in [7, 11) is 0. The van der Waals surface area contributed by atoms with E-state index < -0.39 is 18.8 Å². The fourth-order valence-corrected chi connectivity index (χ4v) is 3.03. The summed E-state index contributed by atoms with van der Waals surface area (Å²) in [6, 6.07) is 8.34. The molecule has 3 N–H and O–H groups in total. The Morgan fingerprint density at radius 2 is 2.07 bits per heavy atom. The summed E-state index contributed by atoms with van der Waals surface area (Å²) in [4.78, 5) is 17.4. The number of aliphatic hydroxyl groups is 1. The minimum absolute atomic E-state index is 0.157. The number of aromatic nitrogens is 1. The van der Waals surface area contributed by atoms with Crippen molar-refractivity contribution < 1.29 is 27.8 Å². The topological polar surface area (TPSA) is 86.7 Å². The molecule has 150 valence electrons. The van der Waals surface area contributed by atoms with Crippen molar-refractivity contribution in [2.24, 2.45) is 0 Å². The van der Waals surface area contributed by atoms with Gasteiger partial charge in [0.25, 0.3) is 0 Å². The Kier molecular flexibility index (Phi) is 5.71. The van der Waals surface area contributed by atoms with Crippen LogP contribution in [0.25, 0.3) is 0 Å². The summed E-state index contributed by atoms with van der Waals surface area (Å²) in [6.07, 6.45) is -4.31. The maximum Gasteiger partial charge on any atom is 0.573 e. The number of alkyl halides is 3. The number of rotatable bonds is 6. The maximum absolute atomic E-state index is 12.7. The van der Waals surface area contributed by atoms with Crippen LogP contribution in [0, 0.1) is 0 Å². The lowest BCUT2D eigenvalue weighted by atomic mass is 10.0. The predicted octanol–water partition coefficient (Wildman–Crippen LogP) is 2.76. The number of nitrogens with zero attached hydrogens (tertiary/aromatic N) is 2. The van der Waals surface area contributed by atoms with Crippen LogP contribution in [-0.4, -0.2) is 35.3 Å². The molecule has 2 atom stereocenters. The van der Waals surface area contributed by atoms with Gasteiger partial charge in [-0.15, -0.1) is 13.2 Å². The molecule has 0 saturated carbocycles. The molecule has 2 unspecified atom stereocenters. The number of amides is 1. The molecule has 2 aromatic rings. The molecule has 0 spiro atoms. The van der Waals surface area contributed by atoms with Crippen molar-refractivity contribution in [1.29, 1.82) is 0 Å². The van der Waals surface area contributed by atoms with Crippen LogP contribution < -0.4 is 20.3 Å². The molecule has 7 nitrogen and oxygen atoms in total. The standard InChI is InChI=1S/C18H19F3N4O3/c1-2-12(11-6-3-4-8-14(11)28-18(19,20)21)24-17(27)25-10-15(26)23-13-7-5-9-22-16(13)25/h3-9,12,17,24,27H,2,10H2,1H3,(H,23,26). The summed E-state index contributed by atoms with van der Waals surface area (Å²) < 4.78 is 42.2. The molecule has 2 heterocycles. The summed E-state index contributed by atoms with van der Waals surface area (Å²) in [5.41, 5.74) is 0.678. The Hall–Kier alpha value is -2.85. The number of para-hydroxylation sites is 1. The van der Waals surface area contributed by atoms with Crippen molar-refractivity contribution in [3.63, 3.8) is 0 Å². The Morgan fingerprint density at radius 1 is 1.32 bits per heavy atom. The molecule has 0 aliphatic carbocycles. The molecule has 1 aromatic heterocycles.